The summed E-state index contributed by atoms with van der Waals surface area (Å²) in [7, 11) is 0. The molecule has 15 aliphatic rings. The molecule has 16 bridgehead atoms. The molecule has 8 aliphatic carbocycles. The number of amides is 8. The van der Waals surface area contributed by atoms with Gasteiger partial charge in [0.05, 0.1) is 26.2 Å². The highest BCUT2D eigenvalue weighted by Crippen LogP contribution is 2.70. The van der Waals surface area contributed by atoms with E-state index in [1.54, 1.807) is 19.6 Å². The van der Waals surface area contributed by atoms with Crippen LogP contribution in [-0.2, 0) is 38.4 Å². The standard InChI is InChI=1S/C76H128N8O8/c1-47(2)81-43-65(85)77-39-15-17-51(9)59-23-25-61-57-21-20-54-42-56(32-36-74(54,12)63(57)33-37-75(59,61)13)80-68(88)46-84(50(7)8)72(92)30-28-70(90)82(48(3)4)44-66(86)78-40-16-18-52(10)60-24-26-62-58-22-19-53-41-55(31-35-73(53,11)64(58)34-38-76(60,62)14)79-67(87)45-83(49(5)6)71(91)29-27-69(81)89/h47-64H,15-46H2,1-14H3,(H,77,85)(H,78,86)(H,79,87)(H,80,88)/t51-,52-,53-,54-,55-,56-,57+,58+,59-,60-,61+,62+,63+,64+,73+,74+,75-,76-/m1/s1. The number of hydrogen-bond acceptors (Lipinski definition) is 8. The molecule has 92 heavy (non-hydrogen) atoms. The van der Waals surface area contributed by atoms with Crippen molar-refractivity contribution >= 4 is 47.3 Å². The molecule has 0 aromatic heterocycles. The number of carbonyl (C=O) groups excluding carboxylic acids is 8. The summed E-state index contributed by atoms with van der Waals surface area (Å²) >= 11 is 0. The fourth-order valence-electron chi connectivity index (χ4n) is 22.9. The second-order valence-corrected chi connectivity index (χ2v) is 34.2. The van der Waals surface area contributed by atoms with E-state index in [0.29, 0.717) is 94.9 Å². The summed E-state index contributed by atoms with van der Waals surface area (Å²) < 4.78 is 0. The van der Waals surface area contributed by atoms with Crippen LogP contribution < -0.4 is 21.3 Å². The van der Waals surface area contributed by atoms with Crippen molar-refractivity contribution in [1.82, 2.24) is 40.9 Å². The lowest BCUT2D eigenvalue weighted by atomic mass is 9.44. The van der Waals surface area contributed by atoms with E-state index in [0.717, 1.165) is 64.2 Å². The maximum atomic E-state index is 13.9. The SMILES string of the molecule is CC(C)N1CC(=O)NCCC[C@@H](C)[C@H]2CC[C@H]3[C@@H]4CC[C@@H]5C[C@@H](CC[C@]5(C)[C@H]4CC[C@]23C)NC(=O)CN(C(C)C)C(=O)CCC(=O)N(C(C)C)CC(=O)NCCC[C@@H](C)[C@H]2CC[C@H]3[C@@H]4CC[C@@H]5C[C@@H](CC[C@]5(C)[C@H]4CC[C@]23C)NC(=O)CN(C(C)C)C(=O)CCC1=O. The van der Waals surface area contributed by atoms with E-state index in [1.807, 2.05) is 55.4 Å². The minimum absolute atomic E-state index is 0.0196. The molecule has 520 valence electrons. The van der Waals surface area contributed by atoms with Crippen LogP contribution in [0.3, 0.4) is 0 Å². The third kappa shape index (κ3) is 15.4. The molecule has 4 N–H and O–H groups in total. The predicted octanol–water partition coefficient (Wildman–Crippen LogP) is 11.9. The molecule has 18 atom stereocenters. The van der Waals surface area contributed by atoms with Gasteiger partial charge in [-0.2, -0.15) is 0 Å². The van der Waals surface area contributed by atoms with Gasteiger partial charge in [-0.3, -0.25) is 38.4 Å². The molecule has 0 radical (unpaired) electrons. The Labute approximate surface area is 556 Å². The summed E-state index contributed by atoms with van der Waals surface area (Å²) in [6.45, 7) is 31.5. The molecular formula is C76H128N8O8. The quantitative estimate of drug-likeness (QED) is 0.213. The van der Waals surface area contributed by atoms with Gasteiger partial charge < -0.3 is 40.9 Å². The van der Waals surface area contributed by atoms with E-state index in [1.165, 1.54) is 77.0 Å². The molecule has 8 saturated carbocycles. The van der Waals surface area contributed by atoms with Gasteiger partial charge in [0.15, 0.2) is 0 Å². The van der Waals surface area contributed by atoms with E-state index < -0.39 is 0 Å². The molecule has 0 spiro atoms. The molecule has 0 unspecified atom stereocenters. The Kier molecular flexibility index (Phi) is 23.5. The zero-order valence-corrected chi connectivity index (χ0v) is 60.1. The molecule has 16 nitrogen and oxygen atoms in total. The first-order valence-electron chi connectivity index (χ1n) is 37.8. The molecule has 0 aromatic rings. The molecule has 7 heterocycles. The normalized spacial score (nSPS) is 40.3. The summed E-state index contributed by atoms with van der Waals surface area (Å²) in [6.07, 6.45) is 24.7. The molecule has 15 rings (SSSR count). The molecule has 7 saturated heterocycles. The number of rotatable bonds is 4. The lowest BCUT2D eigenvalue weighted by Crippen LogP contribution is -2.56. The Balaban J connectivity index is 0.832. The van der Waals surface area contributed by atoms with Gasteiger partial charge in [0.2, 0.25) is 47.3 Å². The molecule has 8 amide bonds. The van der Waals surface area contributed by atoms with Gasteiger partial charge in [-0.25, -0.2) is 0 Å². The van der Waals surface area contributed by atoms with Crippen LogP contribution in [0.2, 0.25) is 0 Å². The van der Waals surface area contributed by atoms with Crippen molar-refractivity contribution in [1.29, 1.82) is 0 Å². The van der Waals surface area contributed by atoms with E-state index in [4.69, 9.17) is 0 Å². The van der Waals surface area contributed by atoms with Gasteiger partial charge in [0.1, 0.15) is 0 Å². The van der Waals surface area contributed by atoms with Crippen molar-refractivity contribution in [2.45, 2.75) is 300 Å². The summed E-state index contributed by atoms with van der Waals surface area (Å²) in [5, 5.41) is 13.0. The summed E-state index contributed by atoms with van der Waals surface area (Å²) in [5.41, 5.74) is 1.07. The molecule has 0 aromatic carbocycles. The first-order chi connectivity index (χ1) is 43.5. The second-order valence-electron chi connectivity index (χ2n) is 34.2. The van der Waals surface area contributed by atoms with Crippen molar-refractivity contribution < 1.29 is 38.4 Å². The average molecular weight is 1280 g/mol. The maximum absolute atomic E-state index is 13.9. The Morgan fingerprint density at radius 3 is 0.967 bits per heavy atom. The third-order valence-corrected chi connectivity index (χ3v) is 28.0. The lowest BCUT2D eigenvalue weighted by molar-refractivity contribution is -0.142. The summed E-state index contributed by atoms with van der Waals surface area (Å²) in [5.74, 6) is 6.13. The Morgan fingerprint density at radius 1 is 0.348 bits per heavy atom. The van der Waals surface area contributed by atoms with Crippen molar-refractivity contribution in [3.8, 4) is 0 Å². The van der Waals surface area contributed by atoms with Crippen molar-refractivity contribution in [3.05, 3.63) is 0 Å². The Bertz CT molecular complexity index is 2450. The maximum Gasteiger partial charge on any atom is 0.239 e. The number of hydrogen-bond donors (Lipinski definition) is 4. The first-order valence-corrected chi connectivity index (χ1v) is 37.8. The Morgan fingerprint density at radius 2 is 0.641 bits per heavy atom. The Hall–Kier alpha value is -4.24. The highest BCUT2D eigenvalue weighted by molar-refractivity contribution is 5.91. The smallest absolute Gasteiger partial charge is 0.239 e. The minimum Gasteiger partial charge on any atom is -0.355 e. The summed E-state index contributed by atoms with van der Waals surface area (Å²) in [4.78, 5) is 117. The fourth-order valence-corrected chi connectivity index (χ4v) is 22.9. The van der Waals surface area contributed by atoms with E-state index >= 15 is 0 Å². The predicted molar refractivity (Wildman–Crippen MR) is 363 cm³/mol. The van der Waals surface area contributed by atoms with Crippen LogP contribution in [0.5, 0.6) is 0 Å². The van der Waals surface area contributed by atoms with Crippen LogP contribution in [0.1, 0.15) is 264 Å². The van der Waals surface area contributed by atoms with Crippen LogP contribution in [0.15, 0.2) is 0 Å². The first kappa shape index (κ1) is 72.0. The van der Waals surface area contributed by atoms with Crippen molar-refractivity contribution in [2.75, 3.05) is 39.3 Å². The van der Waals surface area contributed by atoms with Crippen LogP contribution in [0.4, 0.5) is 0 Å². The molecule has 16 heteroatoms. The second kappa shape index (κ2) is 30.0. The van der Waals surface area contributed by atoms with Crippen LogP contribution >= 0.6 is 0 Å². The van der Waals surface area contributed by atoms with Gasteiger partial charge in [0.25, 0.3) is 0 Å². The van der Waals surface area contributed by atoms with E-state index in [-0.39, 0.29) is 146 Å². The van der Waals surface area contributed by atoms with Crippen LogP contribution in [0.25, 0.3) is 0 Å². The van der Waals surface area contributed by atoms with Crippen molar-refractivity contribution in [3.63, 3.8) is 0 Å². The molecule has 15 fully saturated rings. The lowest BCUT2D eigenvalue weighted by Gasteiger charge is -2.61. The molecule has 7 aliphatic heterocycles. The largest absolute Gasteiger partial charge is 0.355 e. The molecular weight excluding hydrogens is 1150 g/mol. The minimum atomic E-state index is -0.230. The number of nitrogens with zero attached hydrogens (tertiary/aromatic N) is 4. The van der Waals surface area contributed by atoms with Gasteiger partial charge in [-0.1, -0.05) is 41.5 Å². The number of carbonyl (C=O) groups is 8. The highest BCUT2D eigenvalue weighted by atomic mass is 16.2. The van der Waals surface area contributed by atoms with E-state index in [9.17, 15) is 38.4 Å². The monoisotopic (exact) mass is 1280 g/mol. The van der Waals surface area contributed by atoms with E-state index in [2.05, 4.69) is 62.8 Å². The number of nitrogens with one attached hydrogen (secondary N) is 4. The van der Waals surface area contributed by atoms with Gasteiger partial charge >= 0.3 is 0 Å². The topological polar surface area (TPSA) is 198 Å². The van der Waals surface area contributed by atoms with Gasteiger partial charge in [0, 0.05) is 75.0 Å². The van der Waals surface area contributed by atoms with Crippen molar-refractivity contribution in [2.24, 2.45) is 92.7 Å². The third-order valence-electron chi connectivity index (χ3n) is 28.0. The van der Waals surface area contributed by atoms with Gasteiger partial charge in [-0.05, 0) is 289 Å². The summed E-state index contributed by atoms with van der Waals surface area (Å²) in [6, 6.07) is -0.719. The van der Waals surface area contributed by atoms with Crippen LogP contribution in [-0.4, -0.2) is 142 Å². The average Bonchev–Trinajstić information content (AvgIpc) is 1.27. The zero-order valence-electron chi connectivity index (χ0n) is 60.1. The van der Waals surface area contributed by atoms with Crippen LogP contribution in [0, 0.1) is 92.7 Å². The highest BCUT2D eigenvalue weighted by Gasteiger charge is 2.63. The van der Waals surface area contributed by atoms with Gasteiger partial charge in [-0.15, -0.1) is 0 Å². The zero-order chi connectivity index (χ0) is 66.8. The fraction of sp³-hybridized carbons (Fsp3) is 0.895.